The molecule has 0 N–H and O–H groups in total. The Morgan fingerprint density at radius 1 is 1.15 bits per heavy atom. The number of benzene rings is 1. The van der Waals surface area contributed by atoms with Crippen molar-refractivity contribution in [3.05, 3.63) is 35.4 Å². The molecule has 2 nitrogen and oxygen atoms in total. The van der Waals surface area contributed by atoms with Gasteiger partial charge in [-0.15, -0.1) is 0 Å². The summed E-state index contributed by atoms with van der Waals surface area (Å²) in [7, 11) is 0. The third kappa shape index (κ3) is 3.84. The summed E-state index contributed by atoms with van der Waals surface area (Å²) in [5.41, 5.74) is 2.89. The Morgan fingerprint density at radius 3 is 2.25 bits per heavy atom. The molecule has 2 heteroatoms. The number of hydrogen-bond acceptors (Lipinski definition) is 2. The molecule has 108 valence electrons. The molecule has 0 heterocycles. The van der Waals surface area contributed by atoms with Gasteiger partial charge < -0.3 is 0 Å². The first-order valence-electron chi connectivity index (χ1n) is 7.71. The SMILES string of the molecule is CC(C)(C)c1ccc(CN(CC#N)C2CCCC2)cc1. The Bertz CT molecular complexity index is 456. The van der Waals surface area contributed by atoms with Gasteiger partial charge in [-0.1, -0.05) is 57.9 Å². The monoisotopic (exact) mass is 270 g/mol. The van der Waals surface area contributed by atoms with Crippen LogP contribution in [-0.4, -0.2) is 17.5 Å². The maximum Gasteiger partial charge on any atom is 0.0871 e. The quantitative estimate of drug-likeness (QED) is 0.765. The van der Waals surface area contributed by atoms with Gasteiger partial charge in [-0.3, -0.25) is 4.90 Å². The van der Waals surface area contributed by atoms with Crippen LogP contribution in [-0.2, 0) is 12.0 Å². The van der Waals surface area contributed by atoms with Gasteiger partial charge in [-0.25, -0.2) is 0 Å². The molecule has 1 aromatic carbocycles. The van der Waals surface area contributed by atoms with Crippen LogP contribution < -0.4 is 0 Å². The molecule has 20 heavy (non-hydrogen) atoms. The predicted octanol–water partition coefficient (Wildman–Crippen LogP) is 4.25. The third-order valence-electron chi connectivity index (χ3n) is 4.32. The van der Waals surface area contributed by atoms with Crippen molar-refractivity contribution in [2.45, 2.75) is 64.5 Å². The number of nitrogens with zero attached hydrogens (tertiary/aromatic N) is 2. The molecule has 0 saturated heterocycles. The zero-order valence-electron chi connectivity index (χ0n) is 13.0. The van der Waals surface area contributed by atoms with Crippen LogP contribution in [0, 0.1) is 11.3 Å². The van der Waals surface area contributed by atoms with E-state index in [-0.39, 0.29) is 5.41 Å². The molecule has 0 aliphatic heterocycles. The second-order valence-electron chi connectivity index (χ2n) is 6.95. The van der Waals surface area contributed by atoms with Crippen molar-refractivity contribution in [1.29, 1.82) is 5.26 Å². The van der Waals surface area contributed by atoms with Crippen LogP contribution in [0.5, 0.6) is 0 Å². The van der Waals surface area contributed by atoms with E-state index in [1.165, 1.54) is 36.8 Å². The fourth-order valence-corrected chi connectivity index (χ4v) is 3.02. The van der Waals surface area contributed by atoms with Crippen LogP contribution in [0.15, 0.2) is 24.3 Å². The molecule has 1 aliphatic rings. The molecule has 0 amide bonds. The van der Waals surface area contributed by atoms with E-state index >= 15 is 0 Å². The Kier molecular flexibility index (Phi) is 4.83. The highest BCUT2D eigenvalue weighted by Gasteiger charge is 2.22. The highest BCUT2D eigenvalue weighted by molar-refractivity contribution is 5.27. The fourth-order valence-electron chi connectivity index (χ4n) is 3.02. The van der Waals surface area contributed by atoms with E-state index in [2.05, 4.69) is 56.0 Å². The highest BCUT2D eigenvalue weighted by Crippen LogP contribution is 2.26. The molecule has 0 radical (unpaired) electrons. The second kappa shape index (κ2) is 6.41. The summed E-state index contributed by atoms with van der Waals surface area (Å²) in [6, 6.07) is 11.8. The topological polar surface area (TPSA) is 27.0 Å². The number of hydrogen-bond donors (Lipinski definition) is 0. The van der Waals surface area contributed by atoms with Crippen LogP contribution in [0.25, 0.3) is 0 Å². The normalized spacial score (nSPS) is 16.6. The smallest absolute Gasteiger partial charge is 0.0871 e. The van der Waals surface area contributed by atoms with E-state index in [9.17, 15) is 0 Å². The van der Waals surface area contributed by atoms with Crippen LogP contribution in [0.3, 0.4) is 0 Å². The molecule has 1 aliphatic carbocycles. The minimum absolute atomic E-state index is 0.205. The van der Waals surface area contributed by atoms with Gasteiger partial charge in [0.25, 0.3) is 0 Å². The van der Waals surface area contributed by atoms with Gasteiger partial charge in [0.15, 0.2) is 0 Å². The Balaban J connectivity index is 2.05. The van der Waals surface area contributed by atoms with Gasteiger partial charge in [0.1, 0.15) is 0 Å². The zero-order valence-corrected chi connectivity index (χ0v) is 13.0. The molecule has 0 atom stereocenters. The van der Waals surface area contributed by atoms with Crippen LogP contribution in [0.1, 0.15) is 57.6 Å². The summed E-state index contributed by atoms with van der Waals surface area (Å²) in [5.74, 6) is 0. The highest BCUT2D eigenvalue weighted by atomic mass is 15.2. The van der Waals surface area contributed by atoms with Crippen molar-refractivity contribution in [3.8, 4) is 6.07 Å². The third-order valence-corrected chi connectivity index (χ3v) is 4.32. The van der Waals surface area contributed by atoms with Crippen LogP contribution in [0.2, 0.25) is 0 Å². The molecule has 1 aromatic rings. The average molecular weight is 270 g/mol. The Hall–Kier alpha value is -1.33. The summed E-state index contributed by atoms with van der Waals surface area (Å²) in [6.07, 6.45) is 5.13. The van der Waals surface area contributed by atoms with Crippen molar-refractivity contribution in [1.82, 2.24) is 4.90 Å². The molecule has 0 aromatic heterocycles. The molecule has 2 rings (SSSR count). The summed E-state index contributed by atoms with van der Waals surface area (Å²) in [4.78, 5) is 2.35. The largest absolute Gasteiger partial charge is 0.283 e. The molecule has 0 bridgehead atoms. The first kappa shape index (κ1) is 15.1. The molecule has 1 saturated carbocycles. The summed E-state index contributed by atoms with van der Waals surface area (Å²) < 4.78 is 0. The van der Waals surface area contributed by atoms with Gasteiger partial charge in [0.05, 0.1) is 12.6 Å². The summed E-state index contributed by atoms with van der Waals surface area (Å²) in [5, 5.41) is 9.03. The van der Waals surface area contributed by atoms with E-state index in [1.807, 2.05) is 0 Å². The molecular formula is C18H26N2. The number of rotatable bonds is 4. The van der Waals surface area contributed by atoms with Gasteiger partial charge >= 0.3 is 0 Å². The first-order chi connectivity index (χ1) is 9.50. The zero-order chi connectivity index (χ0) is 14.6. The van der Waals surface area contributed by atoms with Gasteiger partial charge in [0, 0.05) is 12.6 Å². The lowest BCUT2D eigenvalue weighted by molar-refractivity contribution is 0.214. The second-order valence-corrected chi connectivity index (χ2v) is 6.95. The van der Waals surface area contributed by atoms with Gasteiger partial charge in [0.2, 0.25) is 0 Å². The van der Waals surface area contributed by atoms with Gasteiger partial charge in [-0.2, -0.15) is 5.26 Å². The lowest BCUT2D eigenvalue weighted by atomic mass is 9.87. The summed E-state index contributed by atoms with van der Waals surface area (Å²) >= 11 is 0. The molecule has 0 unspecified atom stereocenters. The minimum Gasteiger partial charge on any atom is -0.283 e. The van der Waals surface area contributed by atoms with E-state index in [0.717, 1.165) is 6.54 Å². The van der Waals surface area contributed by atoms with Crippen molar-refractivity contribution in [2.24, 2.45) is 0 Å². The average Bonchev–Trinajstić information content (AvgIpc) is 2.91. The fraction of sp³-hybridized carbons (Fsp3) is 0.611. The predicted molar refractivity (Wildman–Crippen MR) is 83.4 cm³/mol. The van der Waals surface area contributed by atoms with Crippen molar-refractivity contribution in [2.75, 3.05) is 6.54 Å². The Labute approximate surface area is 123 Å². The van der Waals surface area contributed by atoms with Crippen molar-refractivity contribution < 1.29 is 0 Å². The lowest BCUT2D eigenvalue weighted by Crippen LogP contribution is -2.33. The molecule has 0 spiro atoms. The van der Waals surface area contributed by atoms with Crippen molar-refractivity contribution >= 4 is 0 Å². The van der Waals surface area contributed by atoms with E-state index in [4.69, 9.17) is 5.26 Å². The minimum atomic E-state index is 0.205. The van der Waals surface area contributed by atoms with E-state index in [1.54, 1.807) is 0 Å². The lowest BCUT2D eigenvalue weighted by Gasteiger charge is -2.26. The molecular weight excluding hydrogens is 244 g/mol. The standard InChI is InChI=1S/C18H26N2/c1-18(2,3)16-10-8-15(9-11-16)14-20(13-12-19)17-6-4-5-7-17/h8-11,17H,4-7,13-14H2,1-3H3. The Morgan fingerprint density at radius 2 is 1.75 bits per heavy atom. The van der Waals surface area contributed by atoms with E-state index < -0.39 is 0 Å². The molecule has 1 fully saturated rings. The maximum atomic E-state index is 9.03. The van der Waals surface area contributed by atoms with Crippen molar-refractivity contribution in [3.63, 3.8) is 0 Å². The summed E-state index contributed by atoms with van der Waals surface area (Å²) in [6.45, 7) is 8.17. The maximum absolute atomic E-state index is 9.03. The first-order valence-corrected chi connectivity index (χ1v) is 7.71. The van der Waals surface area contributed by atoms with Crippen LogP contribution >= 0.6 is 0 Å². The van der Waals surface area contributed by atoms with E-state index in [0.29, 0.717) is 12.6 Å². The number of nitriles is 1. The van der Waals surface area contributed by atoms with Crippen LogP contribution in [0.4, 0.5) is 0 Å². The van der Waals surface area contributed by atoms with Gasteiger partial charge in [-0.05, 0) is 29.4 Å².